The van der Waals surface area contributed by atoms with Gasteiger partial charge >= 0.3 is 0 Å². The first-order chi connectivity index (χ1) is 19.8. The highest BCUT2D eigenvalue weighted by Crippen LogP contribution is 2.46. The van der Waals surface area contributed by atoms with Crippen molar-refractivity contribution in [3.63, 3.8) is 0 Å². The van der Waals surface area contributed by atoms with Crippen LogP contribution in [0.2, 0.25) is 4.34 Å². The van der Waals surface area contributed by atoms with Crippen molar-refractivity contribution in [1.82, 2.24) is 30.1 Å². The highest BCUT2D eigenvalue weighted by molar-refractivity contribution is 7.19. The summed E-state index contributed by atoms with van der Waals surface area (Å²) in [6, 6.07) is 7.80. The number of piperidine rings is 2. The van der Waals surface area contributed by atoms with E-state index in [1.807, 2.05) is 23.1 Å². The minimum absolute atomic E-state index is 0.0802. The Morgan fingerprint density at radius 1 is 1.10 bits per heavy atom. The van der Waals surface area contributed by atoms with E-state index >= 15 is 0 Å². The highest BCUT2D eigenvalue weighted by Gasteiger charge is 2.39. The van der Waals surface area contributed by atoms with Crippen LogP contribution in [-0.4, -0.2) is 74.8 Å². The summed E-state index contributed by atoms with van der Waals surface area (Å²) in [5, 5.41) is 12.0. The number of amides is 2. The van der Waals surface area contributed by atoms with Crippen molar-refractivity contribution in [2.24, 2.45) is 5.41 Å². The number of hydrogen-bond acceptors (Lipinski definition) is 7. The van der Waals surface area contributed by atoms with Crippen LogP contribution >= 0.6 is 22.9 Å². The third-order valence-electron chi connectivity index (χ3n) is 9.29. The van der Waals surface area contributed by atoms with Crippen LogP contribution in [0.5, 0.6) is 0 Å². The van der Waals surface area contributed by atoms with Crippen LogP contribution in [0.4, 0.5) is 0 Å². The van der Waals surface area contributed by atoms with Crippen molar-refractivity contribution >= 4 is 34.8 Å². The van der Waals surface area contributed by atoms with E-state index in [-0.39, 0.29) is 30.1 Å². The molecule has 3 aliphatic rings. The minimum Gasteiger partial charge on any atom is -0.355 e. The number of thiophene rings is 1. The van der Waals surface area contributed by atoms with Gasteiger partial charge in [-0.05, 0) is 69.9 Å². The second kappa shape index (κ2) is 11.9. The summed E-state index contributed by atoms with van der Waals surface area (Å²) < 4.78 is 7.85. The van der Waals surface area contributed by atoms with Crippen LogP contribution in [0.3, 0.4) is 0 Å². The zero-order valence-corrected chi connectivity index (χ0v) is 25.5. The van der Waals surface area contributed by atoms with Gasteiger partial charge in [-0.1, -0.05) is 29.6 Å². The number of halogens is 1. The van der Waals surface area contributed by atoms with Gasteiger partial charge in [0, 0.05) is 50.4 Å². The first-order valence-electron chi connectivity index (χ1n) is 14.9. The maximum absolute atomic E-state index is 13.8. The molecule has 1 spiro atoms. The number of nitrogens with zero attached hydrogens (tertiary/aromatic N) is 5. The lowest BCUT2D eigenvalue weighted by Crippen LogP contribution is -2.46. The van der Waals surface area contributed by atoms with Gasteiger partial charge < -0.3 is 19.6 Å². The topological polar surface area (TPSA) is 96.5 Å². The molecule has 5 heterocycles. The van der Waals surface area contributed by atoms with Gasteiger partial charge in [-0.15, -0.1) is 11.3 Å². The molecule has 2 aliphatic heterocycles. The minimum atomic E-state index is -0.238. The van der Waals surface area contributed by atoms with Gasteiger partial charge in [0.15, 0.2) is 11.5 Å². The molecule has 0 aromatic carbocycles. The molecule has 3 fully saturated rings. The molecule has 41 heavy (non-hydrogen) atoms. The summed E-state index contributed by atoms with van der Waals surface area (Å²) >= 11 is 7.51. The average molecular weight is 599 g/mol. The molecule has 2 saturated heterocycles. The highest BCUT2D eigenvalue weighted by atomic mass is 35.5. The molecule has 220 valence electrons. The number of aromatic nitrogens is 3. The largest absolute Gasteiger partial charge is 0.355 e. The van der Waals surface area contributed by atoms with Crippen LogP contribution in [0.15, 0.2) is 28.8 Å². The summed E-state index contributed by atoms with van der Waals surface area (Å²) in [4.78, 5) is 32.4. The van der Waals surface area contributed by atoms with Crippen LogP contribution < -0.4 is 5.32 Å². The number of carbonyl (C=O) groups is 2. The number of likely N-dealkylation sites (tertiary alicyclic amines) is 2. The van der Waals surface area contributed by atoms with Crippen molar-refractivity contribution in [2.45, 2.75) is 83.8 Å². The Morgan fingerprint density at radius 2 is 1.83 bits per heavy atom. The third kappa shape index (κ3) is 6.24. The van der Waals surface area contributed by atoms with E-state index in [1.165, 1.54) is 37.0 Å². The summed E-state index contributed by atoms with van der Waals surface area (Å²) in [7, 11) is 0. The van der Waals surface area contributed by atoms with E-state index in [1.54, 1.807) is 10.7 Å². The lowest BCUT2D eigenvalue weighted by Gasteiger charge is -2.39. The molecule has 2 amide bonds. The standard InChI is InChI=1S/C30H39ClN6O3S/c1-20(2)35-13-7-21(8-14-35)32-28(38)23-18-24(29(39)36-15-11-30(12-16-36)9-3-4-10-30)37(33-23)19-22-17-25(40-34-22)26-5-6-27(31)41-26/h5-6,17-18,20-21H,3-4,7-16,19H2,1-2H3,(H,32,38). The first kappa shape index (κ1) is 28.4. The van der Waals surface area contributed by atoms with Crippen molar-refractivity contribution in [1.29, 1.82) is 0 Å². The SMILES string of the molecule is CC(C)N1CCC(NC(=O)c2cc(C(=O)N3CCC4(CCCC4)CC3)n(Cc3cc(-c4ccc(Cl)s4)on3)n2)CC1. The van der Waals surface area contributed by atoms with Gasteiger partial charge in [-0.3, -0.25) is 14.3 Å². The summed E-state index contributed by atoms with van der Waals surface area (Å²) in [5.74, 6) is 0.294. The molecule has 1 saturated carbocycles. The van der Waals surface area contributed by atoms with Gasteiger partial charge in [0.25, 0.3) is 11.8 Å². The van der Waals surface area contributed by atoms with E-state index in [2.05, 4.69) is 34.3 Å². The zero-order chi connectivity index (χ0) is 28.6. The average Bonchev–Trinajstić information content (AvgIpc) is 3.78. The Labute approximate surface area is 250 Å². The Hall–Kier alpha value is -2.69. The van der Waals surface area contributed by atoms with Crippen LogP contribution in [-0.2, 0) is 6.54 Å². The molecular formula is C30H39ClN6O3S. The Balaban J connectivity index is 1.20. The second-order valence-electron chi connectivity index (χ2n) is 12.2. The van der Waals surface area contributed by atoms with Gasteiger partial charge in [-0.25, -0.2) is 0 Å². The maximum Gasteiger partial charge on any atom is 0.272 e. The second-order valence-corrected chi connectivity index (χ2v) is 14.0. The van der Waals surface area contributed by atoms with E-state index in [9.17, 15) is 9.59 Å². The molecular weight excluding hydrogens is 560 g/mol. The van der Waals surface area contributed by atoms with Crippen molar-refractivity contribution < 1.29 is 14.1 Å². The molecule has 1 N–H and O–H groups in total. The van der Waals surface area contributed by atoms with Gasteiger partial charge in [0.1, 0.15) is 11.4 Å². The first-order valence-corrected chi connectivity index (χ1v) is 16.1. The van der Waals surface area contributed by atoms with E-state index in [0.717, 1.165) is 56.7 Å². The lowest BCUT2D eigenvalue weighted by atomic mass is 9.77. The maximum atomic E-state index is 13.8. The van der Waals surface area contributed by atoms with E-state index < -0.39 is 0 Å². The predicted octanol–water partition coefficient (Wildman–Crippen LogP) is 5.70. The normalized spacial score (nSPS) is 19.9. The summed E-state index contributed by atoms with van der Waals surface area (Å²) in [5.41, 5.74) is 1.71. The molecule has 3 aromatic heterocycles. The predicted molar refractivity (Wildman–Crippen MR) is 159 cm³/mol. The van der Waals surface area contributed by atoms with Crippen molar-refractivity contribution in [2.75, 3.05) is 26.2 Å². The summed E-state index contributed by atoms with van der Waals surface area (Å²) in [6.07, 6.45) is 9.05. The summed E-state index contributed by atoms with van der Waals surface area (Å²) in [6.45, 7) is 8.03. The van der Waals surface area contributed by atoms with Crippen LogP contribution in [0.1, 0.15) is 91.9 Å². The lowest BCUT2D eigenvalue weighted by molar-refractivity contribution is 0.0576. The fourth-order valence-electron chi connectivity index (χ4n) is 6.71. The van der Waals surface area contributed by atoms with Crippen LogP contribution in [0.25, 0.3) is 10.6 Å². The molecule has 0 unspecified atom stereocenters. The molecule has 9 nitrogen and oxygen atoms in total. The van der Waals surface area contributed by atoms with Gasteiger partial charge in [0.2, 0.25) is 0 Å². The molecule has 3 aromatic rings. The van der Waals surface area contributed by atoms with E-state index in [4.69, 9.17) is 16.1 Å². The third-order valence-corrected chi connectivity index (χ3v) is 10.5. The van der Waals surface area contributed by atoms with Gasteiger partial charge in [0.05, 0.1) is 15.8 Å². The Morgan fingerprint density at radius 3 is 2.49 bits per heavy atom. The number of carbonyl (C=O) groups excluding carboxylic acids is 2. The Kier molecular flexibility index (Phi) is 8.25. The van der Waals surface area contributed by atoms with Crippen molar-refractivity contribution in [3.05, 3.63) is 45.7 Å². The van der Waals surface area contributed by atoms with E-state index in [0.29, 0.717) is 32.9 Å². The zero-order valence-electron chi connectivity index (χ0n) is 23.9. The quantitative estimate of drug-likeness (QED) is 0.375. The molecule has 11 heteroatoms. The smallest absolute Gasteiger partial charge is 0.272 e. The molecule has 0 atom stereocenters. The number of rotatable bonds is 7. The molecule has 6 rings (SSSR count). The fourth-order valence-corrected chi connectivity index (χ4v) is 7.71. The van der Waals surface area contributed by atoms with Crippen molar-refractivity contribution in [3.8, 4) is 10.6 Å². The number of hydrogen-bond donors (Lipinski definition) is 1. The molecule has 0 bridgehead atoms. The molecule has 1 aliphatic carbocycles. The molecule has 0 radical (unpaired) electrons. The number of nitrogens with one attached hydrogen (secondary N) is 1. The Bertz CT molecular complexity index is 1370. The fraction of sp³-hybridized carbons (Fsp3) is 0.600. The van der Waals surface area contributed by atoms with Crippen LogP contribution in [0, 0.1) is 5.41 Å². The monoisotopic (exact) mass is 598 g/mol. The van der Waals surface area contributed by atoms with Gasteiger partial charge in [-0.2, -0.15) is 5.10 Å².